The molecule has 0 bridgehead atoms. The first-order chi connectivity index (χ1) is 9.50. The highest BCUT2D eigenvalue weighted by atomic mass is 16.5. The number of nitrogens with one attached hydrogen (secondary N) is 1. The fraction of sp³-hybridized carbons (Fsp3) is 0.588. The van der Waals surface area contributed by atoms with Crippen LogP contribution in [0.3, 0.4) is 0 Å². The van der Waals surface area contributed by atoms with E-state index in [0.29, 0.717) is 12.5 Å². The molecule has 0 spiro atoms. The summed E-state index contributed by atoms with van der Waals surface area (Å²) in [5.74, 6) is 1.62. The SMILES string of the molecule is Cc1c(OCC(C)C)ccc(C(=O)C2CCCN2)c1C. The second kappa shape index (κ2) is 6.40. The number of rotatable bonds is 5. The van der Waals surface area contributed by atoms with E-state index in [0.717, 1.165) is 41.8 Å². The number of hydrogen-bond donors (Lipinski definition) is 1. The largest absolute Gasteiger partial charge is 0.493 e. The molecule has 1 aliphatic rings. The van der Waals surface area contributed by atoms with E-state index in [1.807, 2.05) is 26.0 Å². The van der Waals surface area contributed by atoms with E-state index in [-0.39, 0.29) is 11.8 Å². The summed E-state index contributed by atoms with van der Waals surface area (Å²) >= 11 is 0. The van der Waals surface area contributed by atoms with Crippen molar-refractivity contribution in [2.45, 2.75) is 46.6 Å². The second-order valence-electron chi connectivity index (χ2n) is 6.08. The molecular formula is C17H25NO2. The van der Waals surface area contributed by atoms with Gasteiger partial charge in [0.25, 0.3) is 0 Å². The molecule has 1 aliphatic heterocycles. The van der Waals surface area contributed by atoms with E-state index < -0.39 is 0 Å². The van der Waals surface area contributed by atoms with Gasteiger partial charge in [0.15, 0.2) is 5.78 Å². The molecule has 0 aliphatic carbocycles. The Morgan fingerprint density at radius 1 is 1.35 bits per heavy atom. The van der Waals surface area contributed by atoms with Crippen LogP contribution in [0.2, 0.25) is 0 Å². The van der Waals surface area contributed by atoms with Gasteiger partial charge in [0.1, 0.15) is 5.75 Å². The summed E-state index contributed by atoms with van der Waals surface area (Å²) in [6, 6.07) is 3.85. The predicted molar refractivity (Wildman–Crippen MR) is 81.6 cm³/mol. The van der Waals surface area contributed by atoms with Gasteiger partial charge in [-0.3, -0.25) is 4.79 Å². The molecule has 1 fully saturated rings. The smallest absolute Gasteiger partial charge is 0.180 e. The third-order valence-electron chi connectivity index (χ3n) is 3.95. The minimum Gasteiger partial charge on any atom is -0.493 e. The zero-order chi connectivity index (χ0) is 14.7. The summed E-state index contributed by atoms with van der Waals surface area (Å²) in [4.78, 5) is 12.5. The lowest BCUT2D eigenvalue weighted by molar-refractivity contribution is 0.0951. The summed E-state index contributed by atoms with van der Waals surface area (Å²) in [6.45, 7) is 9.96. The van der Waals surface area contributed by atoms with Crippen LogP contribution in [0.1, 0.15) is 48.2 Å². The van der Waals surface area contributed by atoms with Gasteiger partial charge in [-0.1, -0.05) is 13.8 Å². The third kappa shape index (κ3) is 3.21. The molecule has 1 saturated heterocycles. The highest BCUT2D eigenvalue weighted by Gasteiger charge is 2.25. The van der Waals surface area contributed by atoms with Crippen LogP contribution < -0.4 is 10.1 Å². The summed E-state index contributed by atoms with van der Waals surface area (Å²) < 4.78 is 5.81. The zero-order valence-corrected chi connectivity index (χ0v) is 13.0. The van der Waals surface area contributed by atoms with Crippen molar-refractivity contribution < 1.29 is 9.53 Å². The van der Waals surface area contributed by atoms with Crippen LogP contribution in [0.25, 0.3) is 0 Å². The van der Waals surface area contributed by atoms with Crippen molar-refractivity contribution in [3.63, 3.8) is 0 Å². The van der Waals surface area contributed by atoms with Crippen LogP contribution >= 0.6 is 0 Å². The Hall–Kier alpha value is -1.35. The Morgan fingerprint density at radius 2 is 2.10 bits per heavy atom. The number of carbonyl (C=O) groups is 1. The van der Waals surface area contributed by atoms with Crippen LogP contribution in [0.15, 0.2) is 12.1 Å². The highest BCUT2D eigenvalue weighted by Crippen LogP contribution is 2.26. The standard InChI is InChI=1S/C17H25NO2/c1-11(2)10-20-16-8-7-14(12(3)13(16)4)17(19)15-6-5-9-18-15/h7-8,11,15,18H,5-6,9-10H2,1-4H3. The molecule has 1 atom stereocenters. The van der Waals surface area contributed by atoms with Crippen LogP contribution in [-0.4, -0.2) is 25.0 Å². The molecular weight excluding hydrogens is 250 g/mol. The first-order valence-electron chi connectivity index (χ1n) is 7.51. The Kier molecular flexibility index (Phi) is 4.81. The fourth-order valence-corrected chi connectivity index (χ4v) is 2.57. The van der Waals surface area contributed by atoms with Crippen LogP contribution in [0.4, 0.5) is 0 Å². The Morgan fingerprint density at radius 3 is 2.70 bits per heavy atom. The zero-order valence-electron chi connectivity index (χ0n) is 13.0. The van der Waals surface area contributed by atoms with Gasteiger partial charge in [-0.05, 0) is 62.4 Å². The van der Waals surface area contributed by atoms with Crippen molar-refractivity contribution in [3.05, 3.63) is 28.8 Å². The average Bonchev–Trinajstić information content (AvgIpc) is 2.93. The normalized spacial score (nSPS) is 18.6. The van der Waals surface area contributed by atoms with E-state index in [2.05, 4.69) is 19.2 Å². The summed E-state index contributed by atoms with van der Waals surface area (Å²) in [5.41, 5.74) is 2.96. The first-order valence-corrected chi connectivity index (χ1v) is 7.51. The van der Waals surface area contributed by atoms with Crippen molar-refractivity contribution in [1.29, 1.82) is 0 Å². The quantitative estimate of drug-likeness (QED) is 0.838. The van der Waals surface area contributed by atoms with Gasteiger partial charge in [-0.25, -0.2) is 0 Å². The van der Waals surface area contributed by atoms with E-state index >= 15 is 0 Å². The molecule has 0 saturated carbocycles. The molecule has 1 unspecified atom stereocenters. The maximum Gasteiger partial charge on any atom is 0.180 e. The average molecular weight is 275 g/mol. The lowest BCUT2D eigenvalue weighted by atomic mass is 9.95. The number of benzene rings is 1. The first kappa shape index (κ1) is 15.0. The van der Waals surface area contributed by atoms with Gasteiger partial charge in [0.05, 0.1) is 12.6 Å². The molecule has 3 heteroatoms. The Labute approximate surface area is 121 Å². The molecule has 0 radical (unpaired) electrons. The van der Waals surface area contributed by atoms with Crippen molar-refractivity contribution in [3.8, 4) is 5.75 Å². The van der Waals surface area contributed by atoms with Crippen LogP contribution in [0, 0.1) is 19.8 Å². The Bertz CT molecular complexity index is 488. The molecule has 1 aromatic rings. The third-order valence-corrected chi connectivity index (χ3v) is 3.95. The van der Waals surface area contributed by atoms with Gasteiger partial charge in [0, 0.05) is 5.56 Å². The molecule has 1 aromatic carbocycles. The molecule has 2 rings (SSSR count). The van der Waals surface area contributed by atoms with Gasteiger partial charge >= 0.3 is 0 Å². The van der Waals surface area contributed by atoms with E-state index in [4.69, 9.17) is 4.74 Å². The molecule has 1 N–H and O–H groups in total. The summed E-state index contributed by atoms with van der Waals surface area (Å²) in [6.07, 6.45) is 2.03. The highest BCUT2D eigenvalue weighted by molar-refractivity contribution is 6.01. The predicted octanol–water partition coefficient (Wildman–Crippen LogP) is 3.27. The summed E-state index contributed by atoms with van der Waals surface area (Å²) in [5, 5.41) is 3.28. The minimum absolute atomic E-state index is 0.00414. The number of ether oxygens (including phenoxy) is 1. The lowest BCUT2D eigenvalue weighted by Gasteiger charge is -2.17. The van der Waals surface area contributed by atoms with E-state index in [1.165, 1.54) is 0 Å². The van der Waals surface area contributed by atoms with Crippen LogP contribution in [-0.2, 0) is 0 Å². The number of Topliss-reactive ketones (excluding diaryl/α,β-unsaturated/α-hetero) is 1. The van der Waals surface area contributed by atoms with Gasteiger partial charge < -0.3 is 10.1 Å². The van der Waals surface area contributed by atoms with E-state index in [1.54, 1.807) is 0 Å². The van der Waals surface area contributed by atoms with Gasteiger partial charge in [-0.2, -0.15) is 0 Å². The molecule has 0 amide bonds. The number of hydrogen-bond acceptors (Lipinski definition) is 3. The Balaban J connectivity index is 2.19. The molecule has 20 heavy (non-hydrogen) atoms. The van der Waals surface area contributed by atoms with Crippen LogP contribution in [0.5, 0.6) is 5.75 Å². The van der Waals surface area contributed by atoms with Crippen molar-refractivity contribution >= 4 is 5.78 Å². The van der Waals surface area contributed by atoms with Crippen molar-refractivity contribution in [1.82, 2.24) is 5.32 Å². The number of ketones is 1. The molecule has 0 aromatic heterocycles. The second-order valence-corrected chi connectivity index (χ2v) is 6.08. The van der Waals surface area contributed by atoms with Crippen molar-refractivity contribution in [2.24, 2.45) is 5.92 Å². The molecule has 3 nitrogen and oxygen atoms in total. The maximum absolute atomic E-state index is 12.5. The number of carbonyl (C=O) groups excluding carboxylic acids is 1. The molecule has 110 valence electrons. The maximum atomic E-state index is 12.5. The topological polar surface area (TPSA) is 38.3 Å². The monoisotopic (exact) mass is 275 g/mol. The van der Waals surface area contributed by atoms with Crippen molar-refractivity contribution in [2.75, 3.05) is 13.2 Å². The molecule has 1 heterocycles. The van der Waals surface area contributed by atoms with E-state index in [9.17, 15) is 4.79 Å². The minimum atomic E-state index is -0.00414. The lowest BCUT2D eigenvalue weighted by Crippen LogP contribution is -2.31. The summed E-state index contributed by atoms with van der Waals surface area (Å²) in [7, 11) is 0. The van der Waals surface area contributed by atoms with Gasteiger partial charge in [0.2, 0.25) is 0 Å². The van der Waals surface area contributed by atoms with Gasteiger partial charge in [-0.15, -0.1) is 0 Å². The fourth-order valence-electron chi connectivity index (χ4n) is 2.57.